The van der Waals surface area contributed by atoms with Crippen LogP contribution in [0.4, 0.5) is 5.69 Å². The summed E-state index contributed by atoms with van der Waals surface area (Å²) >= 11 is 0. The minimum Gasteiger partial charge on any atom is -0.378 e. The smallest absolute Gasteiger partial charge is 0.227 e. The number of ether oxygens (including phenoxy) is 1. The minimum atomic E-state index is -0.0484. The number of hydrogen-bond acceptors (Lipinski definition) is 2. The molecular weight excluding hydrogens is 288 g/mol. The maximum Gasteiger partial charge on any atom is 0.227 e. The van der Waals surface area contributed by atoms with Gasteiger partial charge in [0.25, 0.3) is 0 Å². The van der Waals surface area contributed by atoms with Crippen molar-refractivity contribution < 1.29 is 4.74 Å². The van der Waals surface area contributed by atoms with Crippen molar-refractivity contribution in [2.45, 2.75) is 20.8 Å². The zero-order valence-corrected chi connectivity index (χ0v) is 14.9. The number of amidine groups is 1. The van der Waals surface area contributed by atoms with Crippen molar-refractivity contribution >= 4 is 17.5 Å². The molecule has 0 radical (unpaired) electrons. The number of benzene rings is 1. The third kappa shape index (κ3) is 5.06. The predicted molar refractivity (Wildman–Crippen MR) is 96.5 cm³/mol. The van der Waals surface area contributed by atoms with Gasteiger partial charge in [0.2, 0.25) is 5.96 Å². The van der Waals surface area contributed by atoms with E-state index >= 15 is 0 Å². The first kappa shape index (κ1) is 17.5. The fourth-order valence-electron chi connectivity index (χ4n) is 2.58. The van der Waals surface area contributed by atoms with Crippen molar-refractivity contribution in [1.82, 2.24) is 9.80 Å². The van der Waals surface area contributed by atoms with Gasteiger partial charge in [0.15, 0.2) is 0 Å². The molecule has 5 heteroatoms. The number of para-hydroxylation sites is 1. The quantitative estimate of drug-likeness (QED) is 0.591. The van der Waals surface area contributed by atoms with Gasteiger partial charge in [-0.25, -0.2) is 4.99 Å². The van der Waals surface area contributed by atoms with E-state index in [0.717, 1.165) is 43.8 Å². The Hall–Kier alpha value is -1.88. The Morgan fingerprint density at radius 3 is 2.22 bits per heavy atom. The molecule has 0 spiro atoms. The molecule has 1 aliphatic rings. The van der Waals surface area contributed by atoms with Gasteiger partial charge in [0, 0.05) is 32.6 Å². The van der Waals surface area contributed by atoms with E-state index in [1.807, 2.05) is 44.4 Å². The van der Waals surface area contributed by atoms with Crippen LogP contribution in [0.5, 0.6) is 0 Å². The maximum absolute atomic E-state index is 5.46. The molecule has 0 aromatic heterocycles. The summed E-state index contributed by atoms with van der Waals surface area (Å²) in [7, 11) is 4.06. The first-order valence-corrected chi connectivity index (χ1v) is 8.11. The van der Waals surface area contributed by atoms with Gasteiger partial charge < -0.3 is 14.5 Å². The van der Waals surface area contributed by atoms with Gasteiger partial charge in [0.1, 0.15) is 5.84 Å². The third-order valence-electron chi connectivity index (χ3n) is 3.58. The van der Waals surface area contributed by atoms with Gasteiger partial charge >= 0.3 is 0 Å². The molecule has 23 heavy (non-hydrogen) atoms. The van der Waals surface area contributed by atoms with Crippen LogP contribution in [0.2, 0.25) is 0 Å². The predicted octanol–water partition coefficient (Wildman–Crippen LogP) is 3.01. The summed E-state index contributed by atoms with van der Waals surface area (Å²) in [6.07, 6.45) is 0. The van der Waals surface area contributed by atoms with Crippen LogP contribution in [0.25, 0.3) is 0 Å². The van der Waals surface area contributed by atoms with Crippen molar-refractivity contribution in [3.05, 3.63) is 30.3 Å². The number of hydrogen-bond donors (Lipinski definition) is 0. The summed E-state index contributed by atoms with van der Waals surface area (Å²) in [5.41, 5.74) is 0.873. The number of rotatable bonds is 1. The Bertz CT molecular complexity index is 552. The van der Waals surface area contributed by atoms with Crippen LogP contribution >= 0.6 is 0 Å². The molecule has 2 rings (SSSR count). The molecule has 1 aromatic rings. The Kier molecular flexibility index (Phi) is 5.77. The van der Waals surface area contributed by atoms with Gasteiger partial charge in [-0.15, -0.1) is 0 Å². The lowest BCUT2D eigenvalue weighted by Gasteiger charge is -2.31. The highest BCUT2D eigenvalue weighted by Gasteiger charge is 2.24. The molecule has 0 atom stereocenters. The fraction of sp³-hybridized carbons (Fsp3) is 0.556. The van der Waals surface area contributed by atoms with Crippen LogP contribution in [-0.2, 0) is 4.74 Å². The van der Waals surface area contributed by atoms with E-state index in [0.29, 0.717) is 0 Å². The molecule has 1 saturated heterocycles. The molecule has 1 aromatic carbocycles. The average molecular weight is 316 g/mol. The van der Waals surface area contributed by atoms with Crippen molar-refractivity contribution in [2.24, 2.45) is 15.4 Å². The monoisotopic (exact) mass is 316 g/mol. The van der Waals surface area contributed by atoms with Crippen molar-refractivity contribution in [3.8, 4) is 0 Å². The van der Waals surface area contributed by atoms with Crippen molar-refractivity contribution in [1.29, 1.82) is 0 Å². The van der Waals surface area contributed by atoms with Crippen LogP contribution in [0.1, 0.15) is 20.8 Å². The average Bonchev–Trinajstić information content (AvgIpc) is 2.51. The molecule has 0 bridgehead atoms. The number of guanidine groups is 1. The Morgan fingerprint density at radius 2 is 1.70 bits per heavy atom. The molecule has 0 N–H and O–H groups in total. The van der Waals surface area contributed by atoms with E-state index in [1.54, 1.807) is 0 Å². The summed E-state index contributed by atoms with van der Waals surface area (Å²) in [5.74, 6) is 1.77. The number of morpholine rings is 1. The second kappa shape index (κ2) is 7.59. The minimum absolute atomic E-state index is 0.0484. The summed E-state index contributed by atoms with van der Waals surface area (Å²) in [5, 5.41) is 0. The van der Waals surface area contributed by atoms with Gasteiger partial charge in [-0.1, -0.05) is 39.0 Å². The molecule has 0 aliphatic carbocycles. The summed E-state index contributed by atoms with van der Waals surface area (Å²) in [4.78, 5) is 14.0. The molecule has 1 heterocycles. The fourth-order valence-corrected chi connectivity index (χ4v) is 2.58. The lowest BCUT2D eigenvalue weighted by atomic mass is 9.94. The normalized spacial score (nSPS) is 17.3. The maximum atomic E-state index is 5.46. The van der Waals surface area contributed by atoms with E-state index in [4.69, 9.17) is 14.7 Å². The Morgan fingerprint density at radius 1 is 1.09 bits per heavy atom. The van der Waals surface area contributed by atoms with Crippen LogP contribution in [0, 0.1) is 5.41 Å². The third-order valence-corrected chi connectivity index (χ3v) is 3.58. The molecule has 1 fully saturated rings. The second-order valence-electron chi connectivity index (χ2n) is 6.93. The zero-order chi connectivity index (χ0) is 16.9. The van der Waals surface area contributed by atoms with Gasteiger partial charge in [0.05, 0.1) is 18.9 Å². The molecule has 1 aliphatic heterocycles. The summed E-state index contributed by atoms with van der Waals surface area (Å²) in [6, 6.07) is 9.99. The lowest BCUT2D eigenvalue weighted by Crippen LogP contribution is -2.42. The van der Waals surface area contributed by atoms with E-state index in [-0.39, 0.29) is 5.41 Å². The van der Waals surface area contributed by atoms with E-state index in [9.17, 15) is 0 Å². The van der Waals surface area contributed by atoms with E-state index in [1.165, 1.54) is 0 Å². The highest BCUT2D eigenvalue weighted by atomic mass is 16.5. The summed E-state index contributed by atoms with van der Waals surface area (Å²) in [6.45, 7) is 9.59. The van der Waals surface area contributed by atoms with Crippen LogP contribution in [0.3, 0.4) is 0 Å². The first-order chi connectivity index (χ1) is 10.9. The largest absolute Gasteiger partial charge is 0.378 e. The molecule has 0 amide bonds. The summed E-state index contributed by atoms with van der Waals surface area (Å²) < 4.78 is 5.46. The highest BCUT2D eigenvalue weighted by molar-refractivity contribution is 5.99. The number of aliphatic imine (C=N–C) groups is 2. The van der Waals surface area contributed by atoms with E-state index < -0.39 is 0 Å². The molecular formula is C18H28N4O. The van der Waals surface area contributed by atoms with Gasteiger partial charge in [-0.2, -0.15) is 4.99 Å². The van der Waals surface area contributed by atoms with Crippen molar-refractivity contribution in [2.75, 3.05) is 40.4 Å². The van der Waals surface area contributed by atoms with Crippen molar-refractivity contribution in [3.63, 3.8) is 0 Å². The number of nitrogens with zero attached hydrogens (tertiary/aromatic N) is 4. The van der Waals surface area contributed by atoms with Crippen LogP contribution in [0.15, 0.2) is 40.3 Å². The van der Waals surface area contributed by atoms with Gasteiger partial charge in [-0.05, 0) is 12.1 Å². The Balaban J connectivity index is 2.42. The first-order valence-electron chi connectivity index (χ1n) is 8.11. The zero-order valence-electron chi connectivity index (χ0n) is 14.9. The highest BCUT2D eigenvalue weighted by Crippen LogP contribution is 2.20. The topological polar surface area (TPSA) is 40.4 Å². The molecule has 0 saturated carbocycles. The molecule has 0 unspecified atom stereocenters. The SMILES string of the molecule is CN(C)C(=NC(=Nc1ccccc1)N1CCOCC1)C(C)(C)C. The van der Waals surface area contributed by atoms with Gasteiger partial charge in [-0.3, -0.25) is 0 Å². The molecule has 5 nitrogen and oxygen atoms in total. The van der Waals surface area contributed by atoms with Crippen LogP contribution < -0.4 is 0 Å². The lowest BCUT2D eigenvalue weighted by molar-refractivity contribution is 0.0676. The Labute approximate surface area is 139 Å². The van der Waals surface area contributed by atoms with Crippen LogP contribution in [-0.4, -0.2) is 62.0 Å². The standard InChI is InChI=1S/C18H28N4O/c1-18(2,3)16(21(4)5)20-17(22-11-13-23-14-12-22)19-15-9-7-6-8-10-15/h6-10H,11-14H2,1-5H3. The van der Waals surface area contributed by atoms with E-state index in [2.05, 4.69) is 30.6 Å². The second-order valence-corrected chi connectivity index (χ2v) is 6.93. The molecule has 126 valence electrons.